The summed E-state index contributed by atoms with van der Waals surface area (Å²) in [5.74, 6) is 0.237. The molecule has 3 aromatic rings. The van der Waals surface area contributed by atoms with Crippen LogP contribution in [0.15, 0.2) is 72.8 Å². The smallest absolute Gasteiger partial charge is 0.241 e. The first kappa shape index (κ1) is 24.3. The maximum Gasteiger partial charge on any atom is 0.241 e. The third-order valence-corrected chi connectivity index (χ3v) is 6.47. The van der Waals surface area contributed by atoms with Gasteiger partial charge in [-0.2, -0.15) is 0 Å². The average Bonchev–Trinajstić information content (AvgIpc) is 2.76. The van der Waals surface area contributed by atoms with E-state index in [1.54, 1.807) is 24.3 Å². The standard InChI is InChI=1S/C26H30N2O4S/c1-19-10-15-25(20(2)16-19)21(3)27-26(29)17-28(33(4,30)31)23-11-13-24(14-12-23)32-18-22-8-6-5-7-9-22/h5-16,21H,17-18H2,1-4H3,(H,27,29)/t21-/m0/s1. The number of nitrogens with one attached hydrogen (secondary N) is 1. The van der Waals surface area contributed by atoms with Crippen molar-refractivity contribution in [2.45, 2.75) is 33.4 Å². The van der Waals surface area contributed by atoms with E-state index in [0.29, 0.717) is 18.0 Å². The Morgan fingerprint density at radius 1 is 1.00 bits per heavy atom. The van der Waals surface area contributed by atoms with Gasteiger partial charge in [0, 0.05) is 0 Å². The number of amides is 1. The highest BCUT2D eigenvalue weighted by Crippen LogP contribution is 2.23. The minimum atomic E-state index is -3.66. The first-order valence-electron chi connectivity index (χ1n) is 10.7. The predicted octanol–water partition coefficient (Wildman–Crippen LogP) is 4.53. The van der Waals surface area contributed by atoms with Crippen molar-refractivity contribution in [1.82, 2.24) is 5.32 Å². The summed E-state index contributed by atoms with van der Waals surface area (Å²) in [7, 11) is -3.66. The van der Waals surface area contributed by atoms with Crippen LogP contribution < -0.4 is 14.4 Å². The van der Waals surface area contributed by atoms with Crippen molar-refractivity contribution in [2.24, 2.45) is 0 Å². The zero-order chi connectivity index (χ0) is 24.0. The van der Waals surface area contributed by atoms with Gasteiger partial charge in [0.25, 0.3) is 0 Å². The number of hydrogen-bond acceptors (Lipinski definition) is 4. The van der Waals surface area contributed by atoms with Gasteiger partial charge in [-0.05, 0) is 61.7 Å². The Morgan fingerprint density at radius 2 is 1.67 bits per heavy atom. The molecular formula is C26H30N2O4S. The SMILES string of the molecule is Cc1ccc([C@H](C)NC(=O)CN(c2ccc(OCc3ccccc3)cc2)S(C)(=O)=O)c(C)c1. The lowest BCUT2D eigenvalue weighted by Crippen LogP contribution is -2.41. The highest BCUT2D eigenvalue weighted by molar-refractivity contribution is 7.92. The van der Waals surface area contributed by atoms with Crippen LogP contribution in [0.5, 0.6) is 5.75 Å². The molecule has 174 valence electrons. The van der Waals surface area contributed by atoms with Crippen LogP contribution in [0.4, 0.5) is 5.69 Å². The molecule has 0 saturated heterocycles. The van der Waals surface area contributed by atoms with E-state index in [0.717, 1.165) is 32.8 Å². The second-order valence-electron chi connectivity index (χ2n) is 8.19. The summed E-state index contributed by atoms with van der Waals surface area (Å²) in [6.45, 7) is 6.00. The summed E-state index contributed by atoms with van der Waals surface area (Å²) < 4.78 is 31.7. The van der Waals surface area contributed by atoms with Crippen LogP contribution in [0.1, 0.15) is 35.2 Å². The topological polar surface area (TPSA) is 75.7 Å². The van der Waals surface area contributed by atoms with Crippen molar-refractivity contribution >= 4 is 21.6 Å². The Balaban J connectivity index is 1.67. The number of nitrogens with zero attached hydrogens (tertiary/aromatic N) is 1. The second-order valence-corrected chi connectivity index (χ2v) is 10.1. The van der Waals surface area contributed by atoms with Gasteiger partial charge in [-0.25, -0.2) is 8.42 Å². The molecule has 0 saturated carbocycles. The number of benzene rings is 3. The Kier molecular flexibility index (Phi) is 7.76. The maximum atomic E-state index is 12.7. The van der Waals surface area contributed by atoms with E-state index in [9.17, 15) is 13.2 Å². The fraction of sp³-hybridized carbons (Fsp3) is 0.269. The van der Waals surface area contributed by atoms with Gasteiger partial charge in [0.2, 0.25) is 15.9 Å². The lowest BCUT2D eigenvalue weighted by Gasteiger charge is -2.24. The van der Waals surface area contributed by atoms with E-state index in [-0.39, 0.29) is 18.5 Å². The van der Waals surface area contributed by atoms with Gasteiger partial charge in [0.15, 0.2) is 0 Å². The molecule has 0 bridgehead atoms. The van der Waals surface area contributed by atoms with E-state index < -0.39 is 10.0 Å². The number of sulfonamides is 1. The van der Waals surface area contributed by atoms with Gasteiger partial charge in [-0.15, -0.1) is 0 Å². The second kappa shape index (κ2) is 10.5. The summed E-state index contributed by atoms with van der Waals surface area (Å²) >= 11 is 0. The van der Waals surface area contributed by atoms with Crippen LogP contribution in [0.3, 0.4) is 0 Å². The van der Waals surface area contributed by atoms with Crippen molar-refractivity contribution in [3.8, 4) is 5.75 Å². The highest BCUT2D eigenvalue weighted by Gasteiger charge is 2.22. The van der Waals surface area contributed by atoms with Crippen LogP contribution >= 0.6 is 0 Å². The normalized spacial score (nSPS) is 12.1. The van der Waals surface area contributed by atoms with Gasteiger partial charge in [0.1, 0.15) is 18.9 Å². The molecule has 6 nitrogen and oxygen atoms in total. The van der Waals surface area contributed by atoms with Crippen LogP contribution in [0, 0.1) is 13.8 Å². The monoisotopic (exact) mass is 466 g/mol. The molecule has 0 unspecified atom stereocenters. The molecule has 1 N–H and O–H groups in total. The zero-order valence-electron chi connectivity index (χ0n) is 19.4. The van der Waals surface area contributed by atoms with Gasteiger partial charge < -0.3 is 10.1 Å². The van der Waals surface area contributed by atoms with Crippen molar-refractivity contribution in [1.29, 1.82) is 0 Å². The minimum absolute atomic E-state index is 0.242. The van der Waals surface area contributed by atoms with E-state index in [2.05, 4.69) is 11.4 Å². The number of carbonyl (C=O) groups is 1. The Labute approximate surface area is 196 Å². The predicted molar refractivity (Wildman–Crippen MR) is 132 cm³/mol. The van der Waals surface area contributed by atoms with Gasteiger partial charge >= 0.3 is 0 Å². The number of hydrogen-bond donors (Lipinski definition) is 1. The molecule has 0 aliphatic rings. The number of ether oxygens (including phenoxy) is 1. The minimum Gasteiger partial charge on any atom is -0.489 e. The van der Waals surface area contributed by atoms with Gasteiger partial charge in [-0.1, -0.05) is 54.1 Å². The first-order chi connectivity index (χ1) is 15.6. The molecular weight excluding hydrogens is 436 g/mol. The number of carbonyl (C=O) groups excluding carboxylic acids is 1. The molecule has 0 spiro atoms. The summed E-state index contributed by atoms with van der Waals surface area (Å²) in [5.41, 5.74) is 4.66. The molecule has 0 aliphatic carbocycles. The van der Waals surface area contributed by atoms with Crippen molar-refractivity contribution in [3.05, 3.63) is 95.1 Å². The van der Waals surface area contributed by atoms with Crippen LogP contribution in [0.2, 0.25) is 0 Å². The first-order valence-corrected chi connectivity index (χ1v) is 12.6. The molecule has 1 atom stereocenters. The average molecular weight is 467 g/mol. The number of aryl methyl sites for hydroxylation is 2. The lowest BCUT2D eigenvalue weighted by atomic mass is 10.0. The lowest BCUT2D eigenvalue weighted by molar-refractivity contribution is -0.120. The molecule has 7 heteroatoms. The quantitative estimate of drug-likeness (QED) is 0.503. The van der Waals surface area contributed by atoms with Crippen molar-refractivity contribution in [3.63, 3.8) is 0 Å². The van der Waals surface area contributed by atoms with E-state index in [1.807, 2.05) is 63.2 Å². The molecule has 0 heterocycles. The Morgan fingerprint density at radius 3 is 2.27 bits per heavy atom. The molecule has 1 amide bonds. The molecule has 33 heavy (non-hydrogen) atoms. The molecule has 0 aliphatic heterocycles. The Bertz CT molecular complexity index is 1190. The molecule has 0 aromatic heterocycles. The van der Waals surface area contributed by atoms with Crippen LogP contribution in [0.25, 0.3) is 0 Å². The number of anilines is 1. The van der Waals surface area contributed by atoms with Crippen LogP contribution in [-0.4, -0.2) is 27.1 Å². The summed E-state index contributed by atoms with van der Waals surface area (Å²) in [4.78, 5) is 12.7. The fourth-order valence-electron chi connectivity index (χ4n) is 3.66. The van der Waals surface area contributed by atoms with Crippen molar-refractivity contribution < 1.29 is 17.9 Å². The molecule has 0 fully saturated rings. The molecule has 3 aromatic carbocycles. The maximum absolute atomic E-state index is 12.7. The van der Waals surface area contributed by atoms with Gasteiger partial charge in [0.05, 0.1) is 18.0 Å². The van der Waals surface area contributed by atoms with Gasteiger partial charge in [-0.3, -0.25) is 9.10 Å². The third kappa shape index (κ3) is 6.83. The van der Waals surface area contributed by atoms with Crippen LogP contribution in [-0.2, 0) is 21.4 Å². The third-order valence-electron chi connectivity index (χ3n) is 5.33. The fourth-order valence-corrected chi connectivity index (χ4v) is 4.51. The highest BCUT2D eigenvalue weighted by atomic mass is 32.2. The number of rotatable bonds is 9. The zero-order valence-corrected chi connectivity index (χ0v) is 20.2. The molecule has 3 rings (SSSR count). The van der Waals surface area contributed by atoms with E-state index in [1.165, 1.54) is 0 Å². The Hall–Kier alpha value is -3.32. The summed E-state index contributed by atoms with van der Waals surface area (Å²) in [6, 6.07) is 22.2. The summed E-state index contributed by atoms with van der Waals surface area (Å²) in [6.07, 6.45) is 1.09. The van der Waals surface area contributed by atoms with Crippen molar-refractivity contribution in [2.75, 3.05) is 17.1 Å². The molecule has 0 radical (unpaired) electrons. The largest absolute Gasteiger partial charge is 0.489 e. The summed E-state index contributed by atoms with van der Waals surface area (Å²) in [5, 5.41) is 2.91. The van der Waals surface area contributed by atoms with E-state index in [4.69, 9.17) is 4.74 Å². The van der Waals surface area contributed by atoms with E-state index >= 15 is 0 Å².